The standard InChI is InChI=1S/C19H24N2O4/c1-19(2,3)25-18(24)20-11-7-10-14-15(20)17(23)21(16(14)22)12-13-8-5-4-6-9-13/h4-6,8-9,14-15H,7,10-12H2,1-3H3/t14-,15+/m1/s1. The third-order valence-corrected chi connectivity index (χ3v) is 4.54. The molecule has 2 aliphatic rings. The van der Waals surface area contributed by atoms with E-state index < -0.39 is 23.7 Å². The van der Waals surface area contributed by atoms with Crippen molar-refractivity contribution in [1.82, 2.24) is 9.80 Å². The molecule has 6 heteroatoms. The van der Waals surface area contributed by atoms with Crippen molar-refractivity contribution in [3.05, 3.63) is 35.9 Å². The van der Waals surface area contributed by atoms with Gasteiger partial charge in [-0.25, -0.2) is 4.79 Å². The minimum Gasteiger partial charge on any atom is -0.444 e. The zero-order valence-electron chi connectivity index (χ0n) is 14.9. The molecule has 2 atom stereocenters. The summed E-state index contributed by atoms with van der Waals surface area (Å²) >= 11 is 0. The minimum atomic E-state index is -0.736. The lowest BCUT2D eigenvalue weighted by atomic mass is 9.91. The second-order valence-corrected chi connectivity index (χ2v) is 7.62. The first kappa shape index (κ1) is 17.5. The van der Waals surface area contributed by atoms with Crippen LogP contribution in [0.5, 0.6) is 0 Å². The molecule has 0 N–H and O–H groups in total. The summed E-state index contributed by atoms with van der Waals surface area (Å²) in [4.78, 5) is 40.8. The molecule has 1 aromatic rings. The molecular formula is C19H24N2O4. The lowest BCUT2D eigenvalue weighted by molar-refractivity contribution is -0.140. The zero-order chi connectivity index (χ0) is 18.2. The van der Waals surface area contributed by atoms with Crippen LogP contribution in [0.4, 0.5) is 4.79 Å². The van der Waals surface area contributed by atoms with E-state index in [0.717, 1.165) is 5.56 Å². The Balaban J connectivity index is 1.81. The van der Waals surface area contributed by atoms with E-state index in [1.54, 1.807) is 20.8 Å². The van der Waals surface area contributed by atoms with E-state index in [9.17, 15) is 14.4 Å². The topological polar surface area (TPSA) is 66.9 Å². The molecule has 6 nitrogen and oxygen atoms in total. The number of hydrogen-bond donors (Lipinski definition) is 0. The van der Waals surface area contributed by atoms with Crippen LogP contribution in [0.1, 0.15) is 39.2 Å². The molecule has 134 valence electrons. The highest BCUT2D eigenvalue weighted by atomic mass is 16.6. The number of rotatable bonds is 2. The van der Waals surface area contributed by atoms with Crippen LogP contribution in [-0.2, 0) is 20.9 Å². The van der Waals surface area contributed by atoms with Gasteiger partial charge in [0.1, 0.15) is 11.6 Å². The third-order valence-electron chi connectivity index (χ3n) is 4.54. The molecular weight excluding hydrogens is 320 g/mol. The lowest BCUT2D eigenvalue weighted by Gasteiger charge is -2.35. The van der Waals surface area contributed by atoms with Gasteiger partial charge < -0.3 is 4.74 Å². The van der Waals surface area contributed by atoms with Crippen LogP contribution < -0.4 is 0 Å². The Kier molecular flexibility index (Phi) is 4.54. The van der Waals surface area contributed by atoms with Crippen LogP contribution >= 0.6 is 0 Å². The highest BCUT2D eigenvalue weighted by Gasteiger charge is 2.53. The molecule has 1 aromatic carbocycles. The summed E-state index contributed by atoms with van der Waals surface area (Å²) in [7, 11) is 0. The summed E-state index contributed by atoms with van der Waals surface area (Å²) in [6.45, 7) is 6.04. The molecule has 0 aliphatic carbocycles. The van der Waals surface area contributed by atoms with Gasteiger partial charge in [-0.05, 0) is 39.2 Å². The number of imide groups is 1. The maximum Gasteiger partial charge on any atom is 0.410 e. The fourth-order valence-electron chi connectivity index (χ4n) is 3.48. The summed E-state index contributed by atoms with van der Waals surface area (Å²) in [5.41, 5.74) is 0.256. The molecule has 0 bridgehead atoms. The number of fused-ring (bicyclic) bond motifs is 1. The predicted molar refractivity (Wildman–Crippen MR) is 91.5 cm³/mol. The Bertz CT molecular complexity index is 680. The van der Waals surface area contributed by atoms with Crippen LogP contribution in [-0.4, -0.2) is 45.9 Å². The number of piperidine rings is 1. The first-order valence-electron chi connectivity index (χ1n) is 8.67. The highest BCUT2D eigenvalue weighted by Crippen LogP contribution is 2.34. The van der Waals surface area contributed by atoms with E-state index in [0.29, 0.717) is 19.4 Å². The van der Waals surface area contributed by atoms with Crippen molar-refractivity contribution in [3.8, 4) is 0 Å². The molecule has 3 rings (SSSR count). The second kappa shape index (κ2) is 6.50. The number of hydrogen-bond acceptors (Lipinski definition) is 4. The molecule has 2 fully saturated rings. The number of ether oxygens (including phenoxy) is 1. The summed E-state index contributed by atoms with van der Waals surface area (Å²) < 4.78 is 5.43. The lowest BCUT2D eigenvalue weighted by Crippen LogP contribution is -2.52. The van der Waals surface area contributed by atoms with Crippen molar-refractivity contribution in [2.75, 3.05) is 6.54 Å². The van der Waals surface area contributed by atoms with Crippen LogP contribution in [0.3, 0.4) is 0 Å². The Hall–Kier alpha value is -2.37. The average Bonchev–Trinajstić information content (AvgIpc) is 2.79. The van der Waals surface area contributed by atoms with Crippen molar-refractivity contribution in [3.63, 3.8) is 0 Å². The number of benzene rings is 1. The summed E-state index contributed by atoms with van der Waals surface area (Å²) in [6, 6.07) is 8.67. The Morgan fingerprint density at radius 2 is 1.84 bits per heavy atom. The number of carbonyl (C=O) groups is 3. The molecule has 0 spiro atoms. The highest BCUT2D eigenvalue weighted by molar-refractivity contribution is 6.08. The Morgan fingerprint density at radius 1 is 1.16 bits per heavy atom. The Labute approximate surface area is 147 Å². The van der Waals surface area contributed by atoms with Crippen LogP contribution in [0.25, 0.3) is 0 Å². The normalized spacial score (nSPS) is 23.6. The molecule has 0 radical (unpaired) electrons. The van der Waals surface area contributed by atoms with Crippen LogP contribution in [0.15, 0.2) is 30.3 Å². The van der Waals surface area contributed by atoms with Crippen molar-refractivity contribution in [1.29, 1.82) is 0 Å². The van der Waals surface area contributed by atoms with E-state index >= 15 is 0 Å². The van der Waals surface area contributed by atoms with Crippen molar-refractivity contribution in [2.24, 2.45) is 5.92 Å². The second-order valence-electron chi connectivity index (χ2n) is 7.62. The van der Waals surface area contributed by atoms with Gasteiger partial charge in [-0.3, -0.25) is 19.4 Å². The molecule has 2 aliphatic heterocycles. The van der Waals surface area contributed by atoms with Crippen LogP contribution in [0.2, 0.25) is 0 Å². The van der Waals surface area contributed by atoms with Gasteiger partial charge >= 0.3 is 6.09 Å². The van der Waals surface area contributed by atoms with Gasteiger partial charge in [-0.1, -0.05) is 30.3 Å². The number of amides is 3. The van der Waals surface area contributed by atoms with E-state index in [2.05, 4.69) is 0 Å². The largest absolute Gasteiger partial charge is 0.444 e. The first-order chi connectivity index (χ1) is 11.8. The van der Waals surface area contributed by atoms with Crippen molar-refractivity contribution >= 4 is 17.9 Å². The molecule has 2 saturated heterocycles. The maximum absolute atomic E-state index is 12.9. The molecule has 0 saturated carbocycles. The van der Waals surface area contributed by atoms with Crippen molar-refractivity contribution in [2.45, 2.75) is 51.8 Å². The zero-order valence-corrected chi connectivity index (χ0v) is 14.9. The van der Waals surface area contributed by atoms with Gasteiger partial charge in [0.2, 0.25) is 5.91 Å². The van der Waals surface area contributed by atoms with Crippen molar-refractivity contribution < 1.29 is 19.1 Å². The molecule has 0 unspecified atom stereocenters. The fraction of sp³-hybridized carbons (Fsp3) is 0.526. The van der Waals surface area contributed by atoms with E-state index in [1.165, 1.54) is 9.80 Å². The van der Waals surface area contributed by atoms with Gasteiger partial charge in [-0.15, -0.1) is 0 Å². The SMILES string of the molecule is CC(C)(C)OC(=O)N1CCC[C@H]2C(=O)N(Cc3ccccc3)C(=O)[C@H]21. The first-order valence-corrected chi connectivity index (χ1v) is 8.67. The number of nitrogens with zero attached hydrogens (tertiary/aromatic N) is 2. The predicted octanol–water partition coefficient (Wildman–Crippen LogP) is 2.57. The number of likely N-dealkylation sites (tertiary alicyclic amines) is 2. The molecule has 2 heterocycles. The summed E-state index contributed by atoms with van der Waals surface area (Å²) in [5.74, 6) is -0.950. The van der Waals surface area contributed by atoms with E-state index in [-0.39, 0.29) is 18.4 Å². The summed E-state index contributed by atoms with van der Waals surface area (Å²) in [5, 5.41) is 0. The summed E-state index contributed by atoms with van der Waals surface area (Å²) in [6.07, 6.45) is 0.795. The molecule has 3 amide bonds. The average molecular weight is 344 g/mol. The van der Waals surface area contributed by atoms with Gasteiger partial charge in [0, 0.05) is 6.54 Å². The maximum atomic E-state index is 12.9. The quantitative estimate of drug-likeness (QED) is 0.774. The minimum absolute atomic E-state index is 0.188. The monoisotopic (exact) mass is 344 g/mol. The fourth-order valence-corrected chi connectivity index (χ4v) is 3.48. The Morgan fingerprint density at radius 3 is 2.48 bits per heavy atom. The molecule has 25 heavy (non-hydrogen) atoms. The number of carbonyl (C=O) groups excluding carboxylic acids is 3. The smallest absolute Gasteiger partial charge is 0.410 e. The van der Waals surface area contributed by atoms with Crippen LogP contribution in [0, 0.1) is 5.92 Å². The van der Waals surface area contributed by atoms with Gasteiger partial charge in [0.15, 0.2) is 0 Å². The molecule has 0 aromatic heterocycles. The van der Waals surface area contributed by atoms with Gasteiger partial charge in [-0.2, -0.15) is 0 Å². The van der Waals surface area contributed by atoms with Gasteiger partial charge in [0.05, 0.1) is 12.5 Å². The van der Waals surface area contributed by atoms with E-state index in [1.807, 2.05) is 30.3 Å². The van der Waals surface area contributed by atoms with Gasteiger partial charge in [0.25, 0.3) is 5.91 Å². The third kappa shape index (κ3) is 3.52. The van der Waals surface area contributed by atoms with E-state index in [4.69, 9.17) is 4.74 Å².